The molecule has 0 radical (unpaired) electrons. The van der Waals surface area contributed by atoms with E-state index in [4.69, 9.17) is 4.74 Å². The van der Waals surface area contributed by atoms with Crippen LogP contribution in [0.3, 0.4) is 0 Å². The van der Waals surface area contributed by atoms with E-state index in [1.54, 1.807) is 11.8 Å². The predicted octanol–water partition coefficient (Wildman–Crippen LogP) is -0.338. The van der Waals surface area contributed by atoms with Gasteiger partial charge in [-0.05, 0) is 6.07 Å². The minimum Gasteiger partial charge on any atom is -0.383 e. The number of aromatic nitrogens is 2. The molecule has 0 saturated heterocycles. The maximum absolute atomic E-state index is 11.3. The maximum atomic E-state index is 11.3. The van der Waals surface area contributed by atoms with Crippen molar-refractivity contribution >= 4 is 5.91 Å². The first-order valence-electron chi connectivity index (χ1n) is 5.67. The number of carbonyl (C=O) groups excluding carboxylic acids is 1. The highest BCUT2D eigenvalue weighted by Crippen LogP contribution is 1.92. The fraction of sp³-hybridized carbons (Fsp3) is 0.636. The van der Waals surface area contributed by atoms with Crippen LogP contribution in [0.4, 0.5) is 0 Å². The van der Waals surface area contributed by atoms with Gasteiger partial charge in [0, 0.05) is 46.4 Å². The lowest BCUT2D eigenvalue weighted by molar-refractivity contribution is -0.121. The third-order valence-electron chi connectivity index (χ3n) is 2.23. The zero-order valence-electron chi connectivity index (χ0n) is 10.4. The number of hydrogen-bond acceptors (Lipinski definition) is 4. The standard InChI is InChI=1S/C11H20N4O2/c1-15-7-4-10(14-15)9-12-5-3-11(16)13-6-8-17-2/h4,7,12H,3,5-6,8-9H2,1-2H3,(H,13,16). The number of carbonyl (C=O) groups is 1. The van der Waals surface area contributed by atoms with Gasteiger partial charge in [0.1, 0.15) is 0 Å². The molecule has 0 aromatic carbocycles. The molecule has 2 N–H and O–H groups in total. The van der Waals surface area contributed by atoms with Crippen LogP contribution in [0.25, 0.3) is 0 Å². The van der Waals surface area contributed by atoms with Crippen molar-refractivity contribution in [2.75, 3.05) is 26.8 Å². The van der Waals surface area contributed by atoms with Crippen molar-refractivity contribution in [2.24, 2.45) is 7.05 Å². The number of amides is 1. The normalized spacial score (nSPS) is 10.5. The fourth-order valence-corrected chi connectivity index (χ4v) is 1.36. The monoisotopic (exact) mass is 240 g/mol. The second-order valence-electron chi connectivity index (χ2n) is 3.75. The molecule has 0 aliphatic rings. The highest BCUT2D eigenvalue weighted by Gasteiger charge is 2.00. The summed E-state index contributed by atoms with van der Waals surface area (Å²) in [5.41, 5.74) is 0.979. The summed E-state index contributed by atoms with van der Waals surface area (Å²) in [6.45, 7) is 2.45. The first-order chi connectivity index (χ1) is 8.22. The summed E-state index contributed by atoms with van der Waals surface area (Å²) >= 11 is 0. The molecule has 6 heteroatoms. The van der Waals surface area contributed by atoms with Gasteiger partial charge in [0.05, 0.1) is 12.3 Å². The Kier molecular flexibility index (Phi) is 6.27. The molecule has 0 aliphatic carbocycles. The third kappa shape index (κ3) is 6.03. The summed E-state index contributed by atoms with van der Waals surface area (Å²) in [5.74, 6) is 0.0376. The number of nitrogens with one attached hydrogen (secondary N) is 2. The third-order valence-corrected chi connectivity index (χ3v) is 2.23. The Balaban J connectivity index is 2.02. The Bertz CT molecular complexity index is 338. The first-order valence-corrected chi connectivity index (χ1v) is 5.67. The van der Waals surface area contributed by atoms with Crippen LogP contribution in [0.1, 0.15) is 12.1 Å². The van der Waals surface area contributed by atoms with E-state index in [0.717, 1.165) is 5.69 Å². The molecule has 17 heavy (non-hydrogen) atoms. The predicted molar refractivity (Wildman–Crippen MR) is 64.4 cm³/mol. The van der Waals surface area contributed by atoms with Crippen molar-refractivity contribution in [3.05, 3.63) is 18.0 Å². The highest BCUT2D eigenvalue weighted by molar-refractivity contribution is 5.75. The molecule has 6 nitrogen and oxygen atoms in total. The largest absolute Gasteiger partial charge is 0.383 e. The van der Waals surface area contributed by atoms with Crippen molar-refractivity contribution in [3.63, 3.8) is 0 Å². The molecule has 1 heterocycles. The molecule has 0 aliphatic heterocycles. The van der Waals surface area contributed by atoms with E-state index in [1.807, 2.05) is 19.3 Å². The van der Waals surface area contributed by atoms with Gasteiger partial charge in [0.15, 0.2) is 0 Å². The van der Waals surface area contributed by atoms with Crippen LogP contribution in [0.15, 0.2) is 12.3 Å². The molecule has 96 valence electrons. The van der Waals surface area contributed by atoms with Gasteiger partial charge in [-0.1, -0.05) is 0 Å². The van der Waals surface area contributed by atoms with Crippen LogP contribution in [0.2, 0.25) is 0 Å². The lowest BCUT2D eigenvalue weighted by Gasteiger charge is -2.05. The average molecular weight is 240 g/mol. The van der Waals surface area contributed by atoms with E-state index in [-0.39, 0.29) is 5.91 Å². The smallest absolute Gasteiger partial charge is 0.221 e. The summed E-state index contributed by atoms with van der Waals surface area (Å²) in [5, 5.41) is 10.2. The molecule has 0 bridgehead atoms. The Morgan fingerprint density at radius 2 is 2.35 bits per heavy atom. The van der Waals surface area contributed by atoms with Gasteiger partial charge in [-0.2, -0.15) is 5.10 Å². The van der Waals surface area contributed by atoms with E-state index < -0.39 is 0 Å². The van der Waals surface area contributed by atoms with Crippen molar-refractivity contribution in [2.45, 2.75) is 13.0 Å². The van der Waals surface area contributed by atoms with Crippen LogP contribution in [-0.4, -0.2) is 42.5 Å². The summed E-state index contributed by atoms with van der Waals surface area (Å²) in [6, 6.07) is 1.95. The van der Waals surface area contributed by atoms with Crippen LogP contribution < -0.4 is 10.6 Å². The Hall–Kier alpha value is -1.40. The number of hydrogen-bond donors (Lipinski definition) is 2. The molecular weight excluding hydrogens is 220 g/mol. The van der Waals surface area contributed by atoms with Crippen LogP contribution in [-0.2, 0) is 23.1 Å². The topological polar surface area (TPSA) is 68.2 Å². The van der Waals surface area contributed by atoms with Crippen molar-refractivity contribution in [3.8, 4) is 0 Å². The van der Waals surface area contributed by atoms with Gasteiger partial charge in [0.2, 0.25) is 5.91 Å². The van der Waals surface area contributed by atoms with Crippen LogP contribution >= 0.6 is 0 Å². The van der Waals surface area contributed by atoms with Gasteiger partial charge in [-0.3, -0.25) is 9.48 Å². The van der Waals surface area contributed by atoms with Gasteiger partial charge in [-0.25, -0.2) is 0 Å². The number of nitrogens with zero attached hydrogens (tertiary/aromatic N) is 2. The van der Waals surface area contributed by atoms with Gasteiger partial charge < -0.3 is 15.4 Å². The van der Waals surface area contributed by atoms with Gasteiger partial charge in [0.25, 0.3) is 0 Å². The highest BCUT2D eigenvalue weighted by atomic mass is 16.5. The average Bonchev–Trinajstić information content (AvgIpc) is 2.71. The number of rotatable bonds is 8. The molecule has 0 saturated carbocycles. The number of ether oxygens (including phenoxy) is 1. The molecule has 0 unspecified atom stereocenters. The molecular formula is C11H20N4O2. The minimum absolute atomic E-state index is 0.0376. The Morgan fingerprint density at radius 1 is 1.53 bits per heavy atom. The lowest BCUT2D eigenvalue weighted by atomic mass is 10.3. The summed E-state index contributed by atoms with van der Waals surface area (Å²) in [4.78, 5) is 11.3. The maximum Gasteiger partial charge on any atom is 0.221 e. The molecule has 1 aromatic rings. The van der Waals surface area contributed by atoms with Crippen molar-refractivity contribution in [1.29, 1.82) is 0 Å². The van der Waals surface area contributed by atoms with E-state index in [2.05, 4.69) is 15.7 Å². The minimum atomic E-state index is 0.0376. The van der Waals surface area contributed by atoms with E-state index in [1.165, 1.54) is 0 Å². The molecule has 1 rings (SSSR count). The molecule has 1 aromatic heterocycles. The first kappa shape index (κ1) is 13.7. The van der Waals surface area contributed by atoms with Gasteiger partial charge in [-0.15, -0.1) is 0 Å². The van der Waals surface area contributed by atoms with Crippen LogP contribution in [0.5, 0.6) is 0 Å². The Morgan fingerprint density at radius 3 is 3.00 bits per heavy atom. The zero-order valence-corrected chi connectivity index (χ0v) is 10.4. The van der Waals surface area contributed by atoms with Crippen LogP contribution in [0, 0.1) is 0 Å². The van der Waals surface area contributed by atoms with E-state index in [9.17, 15) is 4.79 Å². The quantitative estimate of drug-likeness (QED) is 0.610. The SMILES string of the molecule is COCCNC(=O)CCNCc1ccn(C)n1. The summed E-state index contributed by atoms with van der Waals surface area (Å²) in [6.07, 6.45) is 2.37. The molecule has 1 amide bonds. The summed E-state index contributed by atoms with van der Waals surface area (Å²) < 4.78 is 6.60. The fourth-order valence-electron chi connectivity index (χ4n) is 1.36. The van der Waals surface area contributed by atoms with Crippen molar-refractivity contribution in [1.82, 2.24) is 20.4 Å². The Labute approximate surface area is 101 Å². The molecule has 0 spiro atoms. The van der Waals surface area contributed by atoms with E-state index >= 15 is 0 Å². The van der Waals surface area contributed by atoms with Gasteiger partial charge >= 0.3 is 0 Å². The zero-order chi connectivity index (χ0) is 12.5. The molecule has 0 atom stereocenters. The molecule has 0 fully saturated rings. The second kappa shape index (κ2) is 7.81. The number of methoxy groups -OCH3 is 1. The lowest BCUT2D eigenvalue weighted by Crippen LogP contribution is -2.30. The second-order valence-corrected chi connectivity index (χ2v) is 3.75. The van der Waals surface area contributed by atoms with E-state index in [0.29, 0.717) is 32.7 Å². The summed E-state index contributed by atoms with van der Waals surface area (Å²) in [7, 11) is 3.49. The van der Waals surface area contributed by atoms with Crippen molar-refractivity contribution < 1.29 is 9.53 Å². The number of aryl methyl sites for hydroxylation is 1.